The molecular weight excluding hydrogens is 508 g/mol. The number of fused-ring (bicyclic) bond motifs is 3. The fourth-order valence-electron chi connectivity index (χ4n) is 5.72. The fraction of sp³-hybridized carbons (Fsp3) is 0.531. The smallest absolute Gasteiger partial charge is 0.410 e. The summed E-state index contributed by atoms with van der Waals surface area (Å²) in [6, 6.07) is 16.1. The molecule has 216 valence electrons. The fourth-order valence-corrected chi connectivity index (χ4v) is 5.72. The molecule has 1 aliphatic carbocycles. The van der Waals surface area contributed by atoms with E-state index >= 15 is 0 Å². The van der Waals surface area contributed by atoms with Crippen LogP contribution in [0.5, 0.6) is 0 Å². The Morgan fingerprint density at radius 1 is 1.02 bits per heavy atom. The summed E-state index contributed by atoms with van der Waals surface area (Å²) < 4.78 is 11.6. The van der Waals surface area contributed by atoms with E-state index in [1.54, 1.807) is 9.80 Å². The highest BCUT2D eigenvalue weighted by atomic mass is 16.6. The summed E-state index contributed by atoms with van der Waals surface area (Å²) in [6.45, 7) is 10.9. The number of benzene rings is 2. The Bertz CT molecular complexity index is 1190. The molecule has 2 aliphatic rings. The number of hydrogen-bond acceptors (Lipinski definition) is 5. The summed E-state index contributed by atoms with van der Waals surface area (Å²) in [7, 11) is 0. The predicted molar refractivity (Wildman–Crippen MR) is 153 cm³/mol. The Morgan fingerprint density at radius 3 is 2.20 bits per heavy atom. The number of rotatable bonds is 8. The Morgan fingerprint density at radius 2 is 1.62 bits per heavy atom. The van der Waals surface area contributed by atoms with Crippen LogP contribution in [-0.4, -0.2) is 70.9 Å². The zero-order valence-electron chi connectivity index (χ0n) is 24.3. The molecular formula is C32H42N2O6. The Balaban J connectivity index is 1.50. The third-order valence-corrected chi connectivity index (χ3v) is 7.67. The van der Waals surface area contributed by atoms with E-state index in [-0.39, 0.29) is 43.5 Å². The van der Waals surface area contributed by atoms with Crippen molar-refractivity contribution in [2.24, 2.45) is 5.41 Å². The Hall–Kier alpha value is -3.55. The van der Waals surface area contributed by atoms with Gasteiger partial charge in [-0.2, -0.15) is 0 Å². The maximum absolute atomic E-state index is 13.5. The zero-order chi connectivity index (χ0) is 29.1. The van der Waals surface area contributed by atoms with Gasteiger partial charge in [0.15, 0.2) is 0 Å². The molecule has 2 aromatic carbocycles. The first-order valence-corrected chi connectivity index (χ1v) is 14.2. The van der Waals surface area contributed by atoms with Crippen molar-refractivity contribution in [1.29, 1.82) is 0 Å². The van der Waals surface area contributed by atoms with Crippen LogP contribution < -0.4 is 0 Å². The van der Waals surface area contributed by atoms with Gasteiger partial charge in [-0.15, -0.1) is 0 Å². The number of piperidine rings is 1. The van der Waals surface area contributed by atoms with Crippen molar-refractivity contribution in [1.82, 2.24) is 9.80 Å². The molecule has 0 spiro atoms. The second kappa shape index (κ2) is 11.9. The Labute approximate surface area is 237 Å². The second-order valence-electron chi connectivity index (χ2n) is 12.7. The largest absolute Gasteiger partial charge is 0.481 e. The van der Waals surface area contributed by atoms with Crippen LogP contribution in [0.1, 0.15) is 77.3 Å². The van der Waals surface area contributed by atoms with E-state index in [4.69, 9.17) is 9.47 Å². The first-order chi connectivity index (χ1) is 18.8. The quantitative estimate of drug-likeness (QED) is 0.402. The molecule has 8 heteroatoms. The van der Waals surface area contributed by atoms with E-state index in [0.717, 1.165) is 28.7 Å². The minimum absolute atomic E-state index is 0.0549. The summed E-state index contributed by atoms with van der Waals surface area (Å²) >= 11 is 0. The topological polar surface area (TPSA) is 96.4 Å². The van der Waals surface area contributed by atoms with Crippen molar-refractivity contribution in [2.45, 2.75) is 77.9 Å². The minimum atomic E-state index is -0.915. The molecule has 1 fully saturated rings. The monoisotopic (exact) mass is 550 g/mol. The third-order valence-electron chi connectivity index (χ3n) is 7.67. The van der Waals surface area contributed by atoms with E-state index in [2.05, 4.69) is 38.1 Å². The second-order valence-corrected chi connectivity index (χ2v) is 12.7. The molecule has 1 aliphatic heterocycles. The van der Waals surface area contributed by atoms with Crippen LogP contribution in [0.4, 0.5) is 9.59 Å². The third kappa shape index (κ3) is 7.14. The molecule has 0 radical (unpaired) electrons. The van der Waals surface area contributed by atoms with E-state index in [9.17, 15) is 19.5 Å². The summed E-state index contributed by atoms with van der Waals surface area (Å²) in [4.78, 5) is 41.2. The van der Waals surface area contributed by atoms with Gasteiger partial charge in [0.1, 0.15) is 12.2 Å². The average molecular weight is 551 g/mol. The number of amides is 2. The molecule has 2 aromatic rings. The number of carboxylic acids is 1. The van der Waals surface area contributed by atoms with Crippen LogP contribution in [0.2, 0.25) is 0 Å². The highest BCUT2D eigenvalue weighted by Gasteiger charge is 2.39. The summed E-state index contributed by atoms with van der Waals surface area (Å²) in [5.41, 5.74) is 3.83. The van der Waals surface area contributed by atoms with Crippen molar-refractivity contribution in [2.75, 3.05) is 26.2 Å². The van der Waals surface area contributed by atoms with Crippen LogP contribution in [0.25, 0.3) is 11.1 Å². The molecule has 40 heavy (non-hydrogen) atoms. The molecule has 1 unspecified atom stereocenters. The lowest BCUT2D eigenvalue weighted by Crippen LogP contribution is -2.55. The van der Waals surface area contributed by atoms with Gasteiger partial charge in [-0.1, -0.05) is 62.4 Å². The normalized spacial score (nSPS) is 18.0. The van der Waals surface area contributed by atoms with Crippen molar-refractivity contribution in [3.63, 3.8) is 0 Å². The molecule has 1 N–H and O–H groups in total. The SMILES string of the molecule is CC1(C)CCC(CN(CCCC(=O)O)C(=O)OCC2c3ccccc3-c3ccccc32)N(C(=O)OC(C)(C)C)C1. The highest BCUT2D eigenvalue weighted by Crippen LogP contribution is 2.44. The lowest BCUT2D eigenvalue weighted by molar-refractivity contribution is -0.137. The van der Waals surface area contributed by atoms with Crippen molar-refractivity contribution >= 4 is 18.2 Å². The van der Waals surface area contributed by atoms with E-state index in [1.807, 2.05) is 45.0 Å². The molecule has 2 amide bonds. The Kier molecular flexibility index (Phi) is 8.76. The number of hydrogen-bond donors (Lipinski definition) is 1. The van der Waals surface area contributed by atoms with Crippen LogP contribution in [0.3, 0.4) is 0 Å². The number of carbonyl (C=O) groups is 3. The minimum Gasteiger partial charge on any atom is -0.481 e. The van der Waals surface area contributed by atoms with E-state index < -0.39 is 23.8 Å². The van der Waals surface area contributed by atoms with Gasteiger partial charge < -0.3 is 24.4 Å². The molecule has 0 aromatic heterocycles. The number of carbonyl (C=O) groups excluding carboxylic acids is 2. The van der Waals surface area contributed by atoms with Crippen LogP contribution >= 0.6 is 0 Å². The summed E-state index contributed by atoms with van der Waals surface area (Å²) in [6.07, 6.45) is 0.942. The molecule has 4 rings (SSSR count). The average Bonchev–Trinajstić information content (AvgIpc) is 3.20. The van der Waals surface area contributed by atoms with Gasteiger partial charge in [0.25, 0.3) is 0 Å². The van der Waals surface area contributed by atoms with Crippen LogP contribution in [0, 0.1) is 5.41 Å². The van der Waals surface area contributed by atoms with Crippen LogP contribution in [0.15, 0.2) is 48.5 Å². The van der Waals surface area contributed by atoms with Gasteiger partial charge >= 0.3 is 18.2 Å². The molecule has 1 heterocycles. The first-order valence-electron chi connectivity index (χ1n) is 14.2. The van der Waals surface area contributed by atoms with E-state index in [1.165, 1.54) is 0 Å². The maximum Gasteiger partial charge on any atom is 0.410 e. The highest BCUT2D eigenvalue weighted by molar-refractivity contribution is 5.79. The number of ether oxygens (including phenoxy) is 2. The number of aliphatic carboxylic acids is 1. The van der Waals surface area contributed by atoms with Gasteiger partial charge in [-0.3, -0.25) is 4.79 Å². The van der Waals surface area contributed by atoms with Gasteiger partial charge in [-0.05, 0) is 67.7 Å². The number of likely N-dealkylation sites (tertiary alicyclic amines) is 1. The van der Waals surface area contributed by atoms with Crippen molar-refractivity contribution < 1.29 is 29.0 Å². The van der Waals surface area contributed by atoms with Gasteiger partial charge in [-0.25, -0.2) is 9.59 Å². The van der Waals surface area contributed by atoms with E-state index in [0.29, 0.717) is 19.4 Å². The zero-order valence-corrected chi connectivity index (χ0v) is 24.3. The van der Waals surface area contributed by atoms with Crippen LogP contribution in [-0.2, 0) is 14.3 Å². The molecule has 8 nitrogen and oxygen atoms in total. The molecule has 0 bridgehead atoms. The molecule has 0 saturated carbocycles. The molecule has 1 atom stereocenters. The first kappa shape index (κ1) is 29.4. The molecule has 1 saturated heterocycles. The van der Waals surface area contributed by atoms with Crippen molar-refractivity contribution in [3.05, 3.63) is 59.7 Å². The lowest BCUT2D eigenvalue weighted by atomic mass is 9.81. The summed E-state index contributed by atoms with van der Waals surface area (Å²) in [5, 5.41) is 9.20. The van der Waals surface area contributed by atoms with Gasteiger partial charge in [0.05, 0.1) is 6.04 Å². The number of carboxylic acid groups (broad SMARTS) is 1. The van der Waals surface area contributed by atoms with Gasteiger partial charge in [0, 0.05) is 32.0 Å². The maximum atomic E-state index is 13.5. The lowest BCUT2D eigenvalue weighted by Gasteiger charge is -2.45. The standard InChI is InChI=1S/C32H42N2O6/c1-31(2,3)40-30(38)34-21-32(4,5)17-16-22(34)19-33(18-10-15-28(35)36)29(37)39-20-27-25-13-8-6-11-23(25)24-12-7-9-14-26(24)27/h6-9,11-14,22,27H,10,15-21H2,1-5H3,(H,35,36). The van der Waals surface area contributed by atoms with Crippen molar-refractivity contribution in [3.8, 4) is 11.1 Å². The van der Waals surface area contributed by atoms with Gasteiger partial charge in [0.2, 0.25) is 0 Å². The predicted octanol–water partition coefficient (Wildman–Crippen LogP) is 6.53. The summed E-state index contributed by atoms with van der Waals surface area (Å²) in [5.74, 6) is -0.992. The number of nitrogens with zero attached hydrogens (tertiary/aromatic N) is 2.